The number of fused-ring (bicyclic) bond motifs is 1. The highest BCUT2D eigenvalue weighted by atomic mass is 35.5. The second-order valence-corrected chi connectivity index (χ2v) is 5.94. The molecule has 0 saturated carbocycles. The zero-order valence-electron chi connectivity index (χ0n) is 14.3. The van der Waals surface area contributed by atoms with Crippen LogP contribution in [0.2, 0.25) is 5.02 Å². The Morgan fingerprint density at radius 2 is 2.08 bits per heavy atom. The van der Waals surface area contributed by atoms with Crippen molar-refractivity contribution in [1.82, 2.24) is 25.4 Å². The summed E-state index contributed by atoms with van der Waals surface area (Å²) in [4.78, 5) is 8.37. The number of ether oxygens (including phenoxy) is 2. The third kappa shape index (κ3) is 4.33. The van der Waals surface area contributed by atoms with E-state index in [-0.39, 0.29) is 0 Å². The molecule has 1 aromatic heterocycles. The van der Waals surface area contributed by atoms with Gasteiger partial charge in [0.25, 0.3) is 0 Å². The zero-order valence-corrected chi connectivity index (χ0v) is 15.0. The second-order valence-electron chi connectivity index (χ2n) is 5.53. The van der Waals surface area contributed by atoms with Crippen molar-refractivity contribution in [2.45, 2.75) is 19.5 Å². The van der Waals surface area contributed by atoms with E-state index in [1.54, 1.807) is 11.7 Å². The molecule has 1 aliphatic rings. The number of benzene rings is 1. The Hall–Kier alpha value is -2.48. The zero-order chi connectivity index (χ0) is 17.6. The highest BCUT2D eigenvalue weighted by molar-refractivity contribution is 6.32. The number of aromatic nitrogens is 3. The van der Waals surface area contributed by atoms with Gasteiger partial charge in [-0.3, -0.25) is 9.67 Å². The molecule has 8 nitrogen and oxygen atoms in total. The van der Waals surface area contributed by atoms with Gasteiger partial charge in [0.1, 0.15) is 12.2 Å². The number of rotatable bonds is 4. The van der Waals surface area contributed by atoms with Gasteiger partial charge < -0.3 is 20.1 Å². The van der Waals surface area contributed by atoms with Gasteiger partial charge >= 0.3 is 0 Å². The second kappa shape index (κ2) is 8.06. The molecule has 134 valence electrons. The third-order valence-corrected chi connectivity index (χ3v) is 4.05. The van der Waals surface area contributed by atoms with Gasteiger partial charge in [-0.2, -0.15) is 5.10 Å². The first-order valence-corrected chi connectivity index (χ1v) is 8.40. The highest BCUT2D eigenvalue weighted by Gasteiger charge is 2.15. The fourth-order valence-corrected chi connectivity index (χ4v) is 2.72. The van der Waals surface area contributed by atoms with Crippen LogP contribution >= 0.6 is 11.6 Å². The molecule has 0 atom stereocenters. The SMILES string of the molecule is CN=C(NCc1cc(Cl)c2c(c1)OCCCO2)NCc1ncnn1C. The summed E-state index contributed by atoms with van der Waals surface area (Å²) >= 11 is 6.32. The summed E-state index contributed by atoms with van der Waals surface area (Å²) in [6.07, 6.45) is 2.37. The molecular formula is C16H21ClN6O2. The first-order valence-electron chi connectivity index (χ1n) is 8.03. The van der Waals surface area contributed by atoms with Gasteiger partial charge in [0.15, 0.2) is 17.5 Å². The predicted octanol–water partition coefficient (Wildman–Crippen LogP) is 1.49. The van der Waals surface area contributed by atoms with E-state index in [2.05, 4.69) is 25.7 Å². The standard InChI is InChI=1S/C16H21ClN6O2/c1-18-16(20-9-14-21-10-22-23(14)2)19-8-11-6-12(17)15-13(7-11)24-4-3-5-25-15/h6-7,10H,3-5,8-9H2,1-2H3,(H2,18,19,20). The molecule has 0 bridgehead atoms. The summed E-state index contributed by atoms with van der Waals surface area (Å²) in [5.41, 5.74) is 0.982. The van der Waals surface area contributed by atoms with Crippen molar-refractivity contribution in [3.63, 3.8) is 0 Å². The molecule has 3 rings (SSSR count). The molecule has 9 heteroatoms. The number of hydrogen-bond donors (Lipinski definition) is 2. The van der Waals surface area contributed by atoms with Gasteiger partial charge in [-0.15, -0.1) is 0 Å². The van der Waals surface area contributed by atoms with Crippen LogP contribution in [-0.4, -0.2) is 41.0 Å². The summed E-state index contributed by atoms with van der Waals surface area (Å²) in [7, 11) is 3.56. The number of aliphatic imine (C=N–C) groups is 1. The fourth-order valence-electron chi connectivity index (χ4n) is 2.44. The Kier molecular flexibility index (Phi) is 5.60. The molecule has 0 saturated heterocycles. The maximum atomic E-state index is 6.32. The summed E-state index contributed by atoms with van der Waals surface area (Å²) in [6.45, 7) is 2.32. The number of guanidine groups is 1. The van der Waals surface area contributed by atoms with Gasteiger partial charge in [0.05, 0.1) is 24.8 Å². The van der Waals surface area contributed by atoms with Crippen molar-refractivity contribution in [2.75, 3.05) is 20.3 Å². The van der Waals surface area contributed by atoms with E-state index in [9.17, 15) is 0 Å². The van der Waals surface area contributed by atoms with Gasteiger partial charge in [-0.25, -0.2) is 4.98 Å². The van der Waals surface area contributed by atoms with Gasteiger partial charge in [0.2, 0.25) is 0 Å². The third-order valence-electron chi connectivity index (χ3n) is 3.76. The molecule has 2 N–H and O–H groups in total. The Labute approximate surface area is 151 Å². The van der Waals surface area contributed by atoms with Crippen molar-refractivity contribution in [3.8, 4) is 11.5 Å². The summed E-state index contributed by atoms with van der Waals surface area (Å²) < 4.78 is 13.1. The lowest BCUT2D eigenvalue weighted by Crippen LogP contribution is -2.36. The van der Waals surface area contributed by atoms with Crippen molar-refractivity contribution < 1.29 is 9.47 Å². The van der Waals surface area contributed by atoms with E-state index in [1.165, 1.54) is 6.33 Å². The Morgan fingerprint density at radius 1 is 1.28 bits per heavy atom. The van der Waals surface area contributed by atoms with Gasteiger partial charge in [0, 0.05) is 27.1 Å². The Morgan fingerprint density at radius 3 is 2.84 bits per heavy atom. The van der Waals surface area contributed by atoms with E-state index in [4.69, 9.17) is 21.1 Å². The van der Waals surface area contributed by atoms with Crippen LogP contribution in [0, 0.1) is 0 Å². The molecule has 0 spiro atoms. The van der Waals surface area contributed by atoms with Crippen LogP contribution in [0.15, 0.2) is 23.5 Å². The molecule has 0 unspecified atom stereocenters. The lowest BCUT2D eigenvalue weighted by Gasteiger charge is -2.14. The predicted molar refractivity (Wildman–Crippen MR) is 95.1 cm³/mol. The molecule has 1 aromatic carbocycles. The van der Waals surface area contributed by atoms with Crippen molar-refractivity contribution in [2.24, 2.45) is 12.0 Å². The minimum atomic E-state index is 0.526. The number of nitrogens with one attached hydrogen (secondary N) is 2. The fraction of sp³-hybridized carbons (Fsp3) is 0.438. The average Bonchev–Trinajstić information content (AvgIpc) is 2.87. The Balaban J connectivity index is 1.61. The lowest BCUT2D eigenvalue weighted by atomic mass is 10.2. The summed E-state index contributed by atoms with van der Waals surface area (Å²) in [5, 5.41) is 11.0. The quantitative estimate of drug-likeness (QED) is 0.631. The molecule has 2 aromatic rings. The molecule has 0 fully saturated rings. The molecule has 0 radical (unpaired) electrons. The van der Waals surface area contributed by atoms with Crippen LogP contribution in [0.4, 0.5) is 0 Å². The maximum absolute atomic E-state index is 6.32. The van der Waals surface area contributed by atoms with Crippen molar-refractivity contribution in [1.29, 1.82) is 0 Å². The number of aryl methyl sites for hydroxylation is 1. The molecule has 0 aliphatic carbocycles. The average molecular weight is 365 g/mol. The molecular weight excluding hydrogens is 344 g/mol. The molecule has 25 heavy (non-hydrogen) atoms. The highest BCUT2D eigenvalue weighted by Crippen LogP contribution is 2.37. The summed E-state index contributed by atoms with van der Waals surface area (Å²) in [5.74, 6) is 2.78. The lowest BCUT2D eigenvalue weighted by molar-refractivity contribution is 0.297. The molecule has 1 aliphatic heterocycles. The van der Waals surface area contributed by atoms with Crippen LogP contribution in [0.5, 0.6) is 11.5 Å². The monoisotopic (exact) mass is 364 g/mol. The smallest absolute Gasteiger partial charge is 0.191 e. The van der Waals surface area contributed by atoms with Crippen LogP contribution in [0.3, 0.4) is 0 Å². The molecule has 2 heterocycles. The van der Waals surface area contributed by atoms with Crippen molar-refractivity contribution >= 4 is 17.6 Å². The van der Waals surface area contributed by atoms with Crippen LogP contribution < -0.4 is 20.1 Å². The first kappa shape index (κ1) is 17.3. The normalized spacial score (nSPS) is 14.1. The minimum absolute atomic E-state index is 0.526. The van der Waals surface area contributed by atoms with E-state index >= 15 is 0 Å². The molecule has 0 amide bonds. The Bertz CT molecular complexity index is 761. The van der Waals surface area contributed by atoms with Crippen LogP contribution in [0.1, 0.15) is 17.8 Å². The number of hydrogen-bond acceptors (Lipinski definition) is 5. The number of halogens is 1. The topological polar surface area (TPSA) is 85.6 Å². The van der Waals surface area contributed by atoms with E-state index in [0.717, 1.165) is 17.8 Å². The van der Waals surface area contributed by atoms with Crippen molar-refractivity contribution in [3.05, 3.63) is 34.9 Å². The first-order chi connectivity index (χ1) is 12.2. The van der Waals surface area contributed by atoms with E-state index in [1.807, 2.05) is 19.2 Å². The van der Waals surface area contributed by atoms with E-state index < -0.39 is 0 Å². The largest absolute Gasteiger partial charge is 0.489 e. The summed E-state index contributed by atoms with van der Waals surface area (Å²) in [6, 6.07) is 3.81. The van der Waals surface area contributed by atoms with Crippen LogP contribution in [0.25, 0.3) is 0 Å². The van der Waals surface area contributed by atoms with Gasteiger partial charge in [-0.05, 0) is 17.7 Å². The van der Waals surface area contributed by atoms with E-state index in [0.29, 0.717) is 48.8 Å². The maximum Gasteiger partial charge on any atom is 0.191 e. The van der Waals surface area contributed by atoms with Gasteiger partial charge in [-0.1, -0.05) is 11.6 Å². The van der Waals surface area contributed by atoms with Crippen LogP contribution in [-0.2, 0) is 20.1 Å². The number of nitrogens with zero attached hydrogens (tertiary/aromatic N) is 4. The minimum Gasteiger partial charge on any atom is -0.489 e.